The Morgan fingerprint density at radius 2 is 2.00 bits per heavy atom. The summed E-state index contributed by atoms with van der Waals surface area (Å²) in [6, 6.07) is 11.1. The first-order valence-electron chi connectivity index (χ1n) is 8.86. The lowest BCUT2D eigenvalue weighted by Crippen LogP contribution is -2.41. The van der Waals surface area contributed by atoms with Gasteiger partial charge in [-0.1, -0.05) is 35.5 Å². The first-order chi connectivity index (χ1) is 13.2. The van der Waals surface area contributed by atoms with Gasteiger partial charge in [0.25, 0.3) is 0 Å². The van der Waals surface area contributed by atoms with Crippen molar-refractivity contribution in [3.05, 3.63) is 48.2 Å². The van der Waals surface area contributed by atoms with Gasteiger partial charge in [0.05, 0.1) is 13.2 Å². The van der Waals surface area contributed by atoms with Crippen molar-refractivity contribution in [2.75, 3.05) is 38.2 Å². The second kappa shape index (κ2) is 11.8. The maximum atomic E-state index is 12.5. The predicted octanol–water partition coefficient (Wildman–Crippen LogP) is 2.09. The Morgan fingerprint density at radius 3 is 2.70 bits per heavy atom. The summed E-state index contributed by atoms with van der Waals surface area (Å²) in [4.78, 5) is 26.1. The van der Waals surface area contributed by atoms with E-state index in [1.807, 2.05) is 37.3 Å². The number of rotatable bonds is 12. The average Bonchev–Trinajstić information content (AvgIpc) is 3.18. The Bertz CT molecular complexity index is 676. The van der Waals surface area contributed by atoms with Crippen molar-refractivity contribution in [2.24, 2.45) is 0 Å². The molecule has 1 N–H and O–H groups in total. The van der Waals surface area contributed by atoms with Crippen molar-refractivity contribution < 1.29 is 23.6 Å². The molecule has 0 aliphatic carbocycles. The molecule has 0 unspecified atom stereocenters. The van der Waals surface area contributed by atoms with Crippen LogP contribution < -0.4 is 5.32 Å². The molecule has 27 heavy (non-hydrogen) atoms. The van der Waals surface area contributed by atoms with E-state index in [1.165, 1.54) is 17.2 Å². The van der Waals surface area contributed by atoms with Crippen LogP contribution in [0.3, 0.4) is 0 Å². The topological polar surface area (TPSA) is 93.9 Å². The van der Waals surface area contributed by atoms with E-state index in [0.29, 0.717) is 38.6 Å². The van der Waals surface area contributed by atoms with Gasteiger partial charge in [-0.15, -0.1) is 0 Å². The molecule has 0 atom stereocenters. The van der Waals surface area contributed by atoms with Gasteiger partial charge in [-0.2, -0.15) is 0 Å². The van der Waals surface area contributed by atoms with Crippen molar-refractivity contribution in [1.82, 2.24) is 10.1 Å². The van der Waals surface area contributed by atoms with Crippen LogP contribution in [0.15, 0.2) is 47.2 Å². The second-order valence-corrected chi connectivity index (χ2v) is 5.78. The van der Waals surface area contributed by atoms with E-state index in [0.717, 1.165) is 5.56 Å². The Kier molecular flexibility index (Phi) is 9.02. The summed E-state index contributed by atoms with van der Waals surface area (Å²) in [6.45, 7) is 3.60. The molecule has 0 spiro atoms. The number of nitrogens with zero attached hydrogens (tertiary/aromatic N) is 2. The minimum Gasteiger partial charge on any atom is -0.382 e. The molecule has 8 heteroatoms. The fourth-order valence-corrected chi connectivity index (χ4v) is 2.35. The lowest BCUT2D eigenvalue weighted by molar-refractivity contribution is -0.139. The normalized spacial score (nSPS) is 10.6. The van der Waals surface area contributed by atoms with Crippen LogP contribution in [0.4, 0.5) is 5.82 Å². The SMILES string of the molecule is CCOCCCN(CC(=O)Nc1ccon1)C(=O)COCc1ccccc1. The highest BCUT2D eigenvalue weighted by Gasteiger charge is 2.18. The molecule has 1 heterocycles. The van der Waals surface area contributed by atoms with Crippen molar-refractivity contribution in [3.63, 3.8) is 0 Å². The van der Waals surface area contributed by atoms with Gasteiger partial charge < -0.3 is 24.2 Å². The summed E-state index contributed by atoms with van der Waals surface area (Å²) in [5.74, 6) is -0.295. The third kappa shape index (κ3) is 8.02. The maximum Gasteiger partial charge on any atom is 0.249 e. The van der Waals surface area contributed by atoms with Crippen LogP contribution in [0.5, 0.6) is 0 Å². The van der Waals surface area contributed by atoms with E-state index in [-0.39, 0.29) is 25.0 Å². The van der Waals surface area contributed by atoms with Crippen molar-refractivity contribution in [1.29, 1.82) is 0 Å². The first-order valence-corrected chi connectivity index (χ1v) is 8.86. The van der Waals surface area contributed by atoms with Crippen molar-refractivity contribution in [2.45, 2.75) is 20.0 Å². The number of carbonyl (C=O) groups is 2. The third-order valence-corrected chi connectivity index (χ3v) is 3.65. The van der Waals surface area contributed by atoms with Gasteiger partial charge in [-0.25, -0.2) is 0 Å². The Labute approximate surface area is 158 Å². The molecule has 2 amide bonds. The molecule has 0 aliphatic heterocycles. The van der Waals surface area contributed by atoms with Crippen LogP contribution in [0, 0.1) is 0 Å². The molecule has 8 nitrogen and oxygen atoms in total. The van der Waals surface area contributed by atoms with E-state index in [9.17, 15) is 9.59 Å². The molecule has 0 radical (unpaired) electrons. The van der Waals surface area contributed by atoms with Gasteiger partial charge in [0.1, 0.15) is 12.9 Å². The molecule has 0 aliphatic rings. The lowest BCUT2D eigenvalue weighted by Gasteiger charge is -2.22. The molecule has 2 rings (SSSR count). The fourth-order valence-electron chi connectivity index (χ4n) is 2.35. The van der Waals surface area contributed by atoms with E-state index < -0.39 is 0 Å². The average molecular weight is 375 g/mol. The smallest absolute Gasteiger partial charge is 0.249 e. The number of ether oxygens (including phenoxy) is 2. The summed E-state index contributed by atoms with van der Waals surface area (Å²) in [5, 5.41) is 6.20. The number of anilines is 1. The van der Waals surface area contributed by atoms with E-state index in [1.54, 1.807) is 0 Å². The quantitative estimate of drug-likeness (QED) is 0.571. The number of hydrogen-bond acceptors (Lipinski definition) is 6. The number of benzene rings is 1. The number of nitrogens with one attached hydrogen (secondary N) is 1. The number of amides is 2. The third-order valence-electron chi connectivity index (χ3n) is 3.65. The van der Waals surface area contributed by atoms with Crippen molar-refractivity contribution >= 4 is 17.6 Å². The molecule has 0 saturated heterocycles. The Morgan fingerprint density at radius 1 is 1.19 bits per heavy atom. The fraction of sp³-hybridized carbons (Fsp3) is 0.421. The largest absolute Gasteiger partial charge is 0.382 e. The van der Waals surface area contributed by atoms with Crippen LogP contribution in [0.25, 0.3) is 0 Å². The number of carbonyl (C=O) groups excluding carboxylic acids is 2. The molecule has 1 aromatic carbocycles. The predicted molar refractivity (Wildman–Crippen MR) is 98.9 cm³/mol. The van der Waals surface area contributed by atoms with Crippen LogP contribution >= 0.6 is 0 Å². The van der Waals surface area contributed by atoms with Gasteiger partial charge in [-0.05, 0) is 18.9 Å². The van der Waals surface area contributed by atoms with E-state index >= 15 is 0 Å². The highest BCUT2D eigenvalue weighted by molar-refractivity contribution is 5.93. The highest BCUT2D eigenvalue weighted by Crippen LogP contribution is 2.04. The van der Waals surface area contributed by atoms with Crippen LogP contribution in [0.2, 0.25) is 0 Å². The molecule has 1 aromatic heterocycles. The van der Waals surface area contributed by atoms with Gasteiger partial charge in [0.15, 0.2) is 5.82 Å². The maximum absolute atomic E-state index is 12.5. The van der Waals surface area contributed by atoms with E-state index in [2.05, 4.69) is 15.0 Å². The second-order valence-electron chi connectivity index (χ2n) is 5.78. The van der Waals surface area contributed by atoms with E-state index in [4.69, 9.17) is 9.47 Å². The highest BCUT2D eigenvalue weighted by atomic mass is 16.5. The molecular formula is C19H25N3O5. The lowest BCUT2D eigenvalue weighted by atomic mass is 10.2. The minimum atomic E-state index is -0.350. The van der Waals surface area contributed by atoms with Crippen LogP contribution in [0.1, 0.15) is 18.9 Å². The molecule has 0 bridgehead atoms. The number of aromatic nitrogens is 1. The standard InChI is InChI=1S/C19H25N3O5/c1-2-25-11-6-10-22(13-18(23)20-17-9-12-27-21-17)19(24)15-26-14-16-7-4-3-5-8-16/h3-5,7-9,12H,2,6,10-11,13-15H2,1H3,(H,20,21,23). The van der Waals surface area contributed by atoms with Gasteiger partial charge in [-0.3, -0.25) is 9.59 Å². The zero-order valence-corrected chi connectivity index (χ0v) is 15.4. The zero-order valence-electron chi connectivity index (χ0n) is 15.4. The number of hydrogen-bond donors (Lipinski definition) is 1. The zero-order chi connectivity index (χ0) is 19.3. The van der Waals surface area contributed by atoms with Gasteiger partial charge in [0.2, 0.25) is 11.8 Å². The Balaban J connectivity index is 1.83. The molecule has 2 aromatic rings. The van der Waals surface area contributed by atoms with Crippen molar-refractivity contribution in [3.8, 4) is 0 Å². The summed E-state index contributed by atoms with van der Waals surface area (Å²) >= 11 is 0. The summed E-state index contributed by atoms with van der Waals surface area (Å²) in [5.41, 5.74) is 0.983. The monoisotopic (exact) mass is 375 g/mol. The summed E-state index contributed by atoms with van der Waals surface area (Å²) in [6.07, 6.45) is 1.99. The van der Waals surface area contributed by atoms with Crippen LogP contribution in [-0.4, -0.2) is 54.8 Å². The Hall–Kier alpha value is -2.71. The summed E-state index contributed by atoms with van der Waals surface area (Å²) in [7, 11) is 0. The minimum absolute atomic E-state index is 0.0908. The molecule has 146 valence electrons. The summed E-state index contributed by atoms with van der Waals surface area (Å²) < 4.78 is 15.5. The first kappa shape index (κ1) is 20.6. The van der Waals surface area contributed by atoms with Gasteiger partial charge >= 0.3 is 0 Å². The van der Waals surface area contributed by atoms with Crippen LogP contribution in [-0.2, 0) is 25.7 Å². The molecular weight excluding hydrogens is 350 g/mol. The van der Waals surface area contributed by atoms with Gasteiger partial charge in [0, 0.05) is 25.8 Å². The molecule has 0 fully saturated rings. The molecule has 0 saturated carbocycles.